The maximum atomic E-state index is 12.3. The second-order valence-corrected chi connectivity index (χ2v) is 17.3. The Balaban J connectivity index is 3.93. The number of nitrogens with one attached hydrogen (secondary N) is 5. The molecule has 0 bridgehead atoms. The van der Waals surface area contributed by atoms with Crippen LogP contribution in [0.2, 0.25) is 0 Å². The van der Waals surface area contributed by atoms with Crippen LogP contribution in [0.3, 0.4) is 0 Å². The van der Waals surface area contributed by atoms with Crippen molar-refractivity contribution in [2.24, 2.45) is 5.41 Å². The highest BCUT2D eigenvalue weighted by Crippen LogP contribution is 2.15. The second kappa shape index (κ2) is 40.3. The molecule has 0 aromatic rings. The third-order valence-corrected chi connectivity index (χ3v) is 10.3. The van der Waals surface area contributed by atoms with E-state index in [4.69, 9.17) is 24.1 Å². The lowest BCUT2D eigenvalue weighted by Crippen LogP contribution is -2.43. The minimum absolute atomic E-state index is 0.00945. The average Bonchev–Trinajstić information content (AvgIpc) is 3.26. The Kier molecular flexibility index (Phi) is 37.5. The van der Waals surface area contributed by atoms with Crippen LogP contribution in [0.1, 0.15) is 149 Å². The predicted octanol–water partition coefficient (Wildman–Crippen LogP) is 3.04. The summed E-state index contributed by atoms with van der Waals surface area (Å²) in [7, 11) is 0. The second-order valence-electron chi connectivity index (χ2n) is 17.3. The molecule has 8 N–H and O–H groups in total. The van der Waals surface area contributed by atoms with Gasteiger partial charge in [0.2, 0.25) is 29.5 Å². The van der Waals surface area contributed by atoms with Gasteiger partial charge < -0.3 is 60.9 Å². The molecule has 0 fully saturated rings. The van der Waals surface area contributed by atoms with Crippen molar-refractivity contribution in [3.63, 3.8) is 0 Å². The fourth-order valence-corrected chi connectivity index (χ4v) is 6.18. The van der Waals surface area contributed by atoms with Crippen LogP contribution in [0.15, 0.2) is 0 Å². The minimum atomic E-state index is -1.31. The van der Waals surface area contributed by atoms with Crippen LogP contribution in [0.25, 0.3) is 0 Å². The Morgan fingerprint density at radius 1 is 0.418 bits per heavy atom. The van der Waals surface area contributed by atoms with E-state index < -0.39 is 65.6 Å². The van der Waals surface area contributed by atoms with Crippen molar-refractivity contribution >= 4 is 53.2 Å². The summed E-state index contributed by atoms with van der Waals surface area (Å²) < 4.78 is 21.1. The van der Waals surface area contributed by atoms with Gasteiger partial charge in [0, 0.05) is 44.2 Å². The molecule has 2 atom stereocenters. The maximum Gasteiger partial charge on any atom is 0.326 e. The molecule has 386 valence electrons. The lowest BCUT2D eigenvalue weighted by Gasteiger charge is -2.16. The van der Waals surface area contributed by atoms with Gasteiger partial charge in [0.25, 0.3) is 0 Å². The van der Waals surface area contributed by atoms with Gasteiger partial charge in [0.15, 0.2) is 5.78 Å². The number of carbonyl (C=O) groups is 9. The number of hydrogen-bond acceptors (Lipinski definition) is 13. The molecule has 0 aliphatic heterocycles. The minimum Gasteiger partial charge on any atom is -0.481 e. The topological polar surface area (TPSA) is 311 Å². The molecule has 21 nitrogen and oxygen atoms in total. The first-order valence-electron chi connectivity index (χ1n) is 23.8. The number of ether oxygens (including phenoxy) is 4. The molecule has 5 amide bonds. The number of amides is 5. The number of aliphatic carboxylic acids is 3. The van der Waals surface area contributed by atoms with Gasteiger partial charge in [-0.25, -0.2) is 9.59 Å². The van der Waals surface area contributed by atoms with E-state index in [0.717, 1.165) is 51.4 Å². The molecule has 0 saturated carbocycles. The molecule has 0 rings (SSSR count). The Bertz CT molecular complexity index is 1460. The summed E-state index contributed by atoms with van der Waals surface area (Å²) in [5, 5.41) is 40.0. The summed E-state index contributed by atoms with van der Waals surface area (Å²) >= 11 is 0. The molecule has 0 aliphatic carbocycles. The van der Waals surface area contributed by atoms with Gasteiger partial charge in [0.05, 0.1) is 46.2 Å². The van der Waals surface area contributed by atoms with Crippen LogP contribution < -0.4 is 26.6 Å². The van der Waals surface area contributed by atoms with Gasteiger partial charge in [-0.2, -0.15) is 0 Å². The van der Waals surface area contributed by atoms with Gasteiger partial charge in [0.1, 0.15) is 25.3 Å². The molecular weight excluding hydrogens is 879 g/mol. The number of ketones is 1. The lowest BCUT2D eigenvalue weighted by molar-refractivity contribution is -0.143. The molecule has 0 aromatic heterocycles. The number of unbranched alkanes of at least 4 members (excludes halogenated alkanes) is 13. The quantitative estimate of drug-likeness (QED) is 0.0407. The molecule has 0 heterocycles. The van der Waals surface area contributed by atoms with Gasteiger partial charge in [-0.05, 0) is 25.7 Å². The fraction of sp³-hybridized carbons (Fsp3) is 0.804. The summed E-state index contributed by atoms with van der Waals surface area (Å²) in [6, 6.07) is -2.55. The zero-order valence-electron chi connectivity index (χ0n) is 40.2. The van der Waals surface area contributed by atoms with E-state index in [2.05, 4.69) is 26.6 Å². The van der Waals surface area contributed by atoms with Crippen LogP contribution in [-0.2, 0) is 62.1 Å². The summed E-state index contributed by atoms with van der Waals surface area (Å²) in [5.74, 6) is -5.90. The highest BCUT2D eigenvalue weighted by atomic mass is 16.5. The summed E-state index contributed by atoms with van der Waals surface area (Å²) in [6.45, 7) is 5.65. The molecule has 67 heavy (non-hydrogen) atoms. The molecule has 0 radical (unpaired) electrons. The van der Waals surface area contributed by atoms with Crippen molar-refractivity contribution in [3.8, 4) is 0 Å². The summed E-state index contributed by atoms with van der Waals surface area (Å²) in [6.07, 6.45) is 14.5. The Morgan fingerprint density at radius 2 is 0.806 bits per heavy atom. The first-order valence-corrected chi connectivity index (χ1v) is 23.8. The first kappa shape index (κ1) is 62.3. The van der Waals surface area contributed by atoms with Crippen LogP contribution in [0.4, 0.5) is 0 Å². The van der Waals surface area contributed by atoms with Gasteiger partial charge in [-0.1, -0.05) is 97.8 Å². The van der Waals surface area contributed by atoms with Crippen LogP contribution in [-0.4, -0.2) is 153 Å². The molecular formula is C46H81N5O16. The van der Waals surface area contributed by atoms with Gasteiger partial charge >= 0.3 is 17.9 Å². The summed E-state index contributed by atoms with van der Waals surface area (Å²) in [4.78, 5) is 107. The van der Waals surface area contributed by atoms with Crippen LogP contribution in [0.5, 0.6) is 0 Å². The normalized spacial score (nSPS) is 12.1. The SMILES string of the molecule is CC(C)(C)C(=O)COCCOCCNC(=O)CCC(NC(=O)COCCOCCNC(=O)CNC(=O)CCC(NC(=O)CCCCCCCCCCCCCCCCC(=O)O)C(=O)O)C(=O)O. The Labute approximate surface area is 395 Å². The van der Waals surface area contributed by atoms with E-state index in [-0.39, 0.29) is 116 Å². The highest BCUT2D eigenvalue weighted by Gasteiger charge is 2.23. The Morgan fingerprint density at radius 3 is 1.25 bits per heavy atom. The molecule has 0 spiro atoms. The zero-order valence-corrected chi connectivity index (χ0v) is 40.2. The van der Waals surface area contributed by atoms with Gasteiger partial charge in [-0.15, -0.1) is 0 Å². The number of carbonyl (C=O) groups excluding carboxylic acids is 6. The van der Waals surface area contributed by atoms with Crippen molar-refractivity contribution in [1.29, 1.82) is 0 Å². The maximum absolute atomic E-state index is 12.3. The van der Waals surface area contributed by atoms with Crippen molar-refractivity contribution in [2.75, 3.05) is 72.5 Å². The molecule has 0 saturated heterocycles. The Hall–Kier alpha value is -4.73. The van der Waals surface area contributed by atoms with E-state index in [0.29, 0.717) is 6.42 Å². The number of carboxylic acids is 3. The van der Waals surface area contributed by atoms with Crippen molar-refractivity contribution in [2.45, 2.75) is 161 Å². The fourth-order valence-electron chi connectivity index (χ4n) is 6.18. The van der Waals surface area contributed by atoms with Crippen LogP contribution in [0, 0.1) is 5.41 Å². The third kappa shape index (κ3) is 40.1. The van der Waals surface area contributed by atoms with E-state index in [1.54, 1.807) is 20.8 Å². The largest absolute Gasteiger partial charge is 0.481 e. The van der Waals surface area contributed by atoms with E-state index in [1.807, 2.05) is 0 Å². The van der Waals surface area contributed by atoms with Crippen LogP contribution >= 0.6 is 0 Å². The highest BCUT2D eigenvalue weighted by molar-refractivity contribution is 5.87. The van der Waals surface area contributed by atoms with E-state index in [1.165, 1.54) is 32.1 Å². The average molecular weight is 960 g/mol. The zero-order chi connectivity index (χ0) is 50.1. The van der Waals surface area contributed by atoms with E-state index in [9.17, 15) is 53.4 Å². The van der Waals surface area contributed by atoms with Gasteiger partial charge in [-0.3, -0.25) is 33.6 Å². The molecule has 2 unspecified atom stereocenters. The number of Topliss-reactive ketones (excluding diaryl/α,β-unsaturated/α-hetero) is 1. The number of rotatable bonds is 45. The van der Waals surface area contributed by atoms with Crippen molar-refractivity contribution < 1.29 is 77.4 Å². The lowest BCUT2D eigenvalue weighted by atomic mass is 9.91. The smallest absolute Gasteiger partial charge is 0.326 e. The monoisotopic (exact) mass is 960 g/mol. The molecule has 0 aromatic carbocycles. The molecule has 21 heteroatoms. The van der Waals surface area contributed by atoms with Crippen molar-refractivity contribution in [3.05, 3.63) is 0 Å². The third-order valence-electron chi connectivity index (χ3n) is 10.3. The van der Waals surface area contributed by atoms with Crippen molar-refractivity contribution in [1.82, 2.24) is 26.6 Å². The number of hydrogen-bond donors (Lipinski definition) is 8. The number of carboxylic acid groups (broad SMARTS) is 3. The predicted molar refractivity (Wildman–Crippen MR) is 246 cm³/mol. The molecule has 0 aliphatic rings. The standard InChI is InChI=1S/C46H81N5O16/c1-46(2,3)37(52)33-66-30-28-64-26-24-47-38(53)22-20-36(45(62)63)51-42(57)34-67-31-29-65-27-25-48-41(56)32-49-39(54)23-21-35(44(60)61)50-40(55)18-16-14-12-10-8-6-4-5-7-9-11-13-15-17-19-43(58)59/h35-36H,4-34H2,1-3H3,(H,47,53)(H,48,56)(H,49,54)(H,50,55)(H,51,57)(H,58,59)(H,60,61)(H,62,63). The van der Waals surface area contributed by atoms with E-state index >= 15 is 0 Å². The first-order chi connectivity index (χ1) is 31.9. The summed E-state index contributed by atoms with van der Waals surface area (Å²) in [5.41, 5.74) is -0.483.